The molecule has 1 N–H and O–H groups in total. The minimum atomic E-state index is 0.659. The maximum atomic E-state index is 3.53. The molecule has 3 atom stereocenters. The molecule has 0 aromatic carbocycles. The van der Waals surface area contributed by atoms with Crippen molar-refractivity contribution in [3.05, 3.63) is 0 Å². The van der Waals surface area contributed by atoms with Gasteiger partial charge in [-0.25, -0.2) is 0 Å². The lowest BCUT2D eigenvalue weighted by Crippen LogP contribution is -2.41. The predicted octanol–water partition coefficient (Wildman–Crippen LogP) is 0.968. The lowest BCUT2D eigenvalue weighted by Gasteiger charge is -2.33. The molecule has 2 aliphatic heterocycles. The molecule has 3 nitrogen and oxygen atoms in total. The van der Waals surface area contributed by atoms with Crippen molar-refractivity contribution in [2.24, 2.45) is 5.92 Å². The van der Waals surface area contributed by atoms with Gasteiger partial charge in [-0.15, -0.1) is 0 Å². The highest BCUT2D eigenvalue weighted by Crippen LogP contribution is 2.19. The van der Waals surface area contributed by atoms with Crippen LogP contribution in [0.2, 0.25) is 0 Å². The van der Waals surface area contributed by atoms with Crippen LogP contribution in [0.3, 0.4) is 0 Å². The molecule has 2 heterocycles. The van der Waals surface area contributed by atoms with Gasteiger partial charge >= 0.3 is 0 Å². The first-order chi connectivity index (χ1) is 7.16. The van der Waals surface area contributed by atoms with E-state index in [-0.39, 0.29) is 0 Å². The molecule has 0 amide bonds. The van der Waals surface area contributed by atoms with Crippen LogP contribution in [0, 0.1) is 5.92 Å². The van der Waals surface area contributed by atoms with Gasteiger partial charge in [0.15, 0.2) is 0 Å². The number of likely N-dealkylation sites (tertiary alicyclic amines) is 1. The average molecular weight is 211 g/mol. The zero-order valence-electron chi connectivity index (χ0n) is 10.4. The first-order valence-electron chi connectivity index (χ1n) is 6.33. The minimum Gasteiger partial charge on any atom is -0.306 e. The fraction of sp³-hybridized carbons (Fsp3) is 1.00. The van der Waals surface area contributed by atoms with Gasteiger partial charge < -0.3 is 10.2 Å². The lowest BCUT2D eigenvalue weighted by molar-refractivity contribution is 0.146. The van der Waals surface area contributed by atoms with Crippen LogP contribution in [0.5, 0.6) is 0 Å². The van der Waals surface area contributed by atoms with Crippen LogP contribution >= 0.6 is 0 Å². The molecule has 0 spiro atoms. The summed E-state index contributed by atoms with van der Waals surface area (Å²) >= 11 is 0. The SMILES string of the molecule is CC1NCN(C[C@@H]2CCCN(C)C2)C1C. The highest BCUT2D eigenvalue weighted by atomic mass is 15.3. The largest absolute Gasteiger partial charge is 0.306 e. The molecule has 2 rings (SSSR count). The van der Waals surface area contributed by atoms with Crippen LogP contribution in [0.15, 0.2) is 0 Å². The van der Waals surface area contributed by atoms with E-state index in [2.05, 4.69) is 36.0 Å². The summed E-state index contributed by atoms with van der Waals surface area (Å²) in [5.41, 5.74) is 0. The Kier molecular flexibility index (Phi) is 3.65. The molecule has 0 bridgehead atoms. The minimum absolute atomic E-state index is 0.659. The Morgan fingerprint density at radius 2 is 2.13 bits per heavy atom. The lowest BCUT2D eigenvalue weighted by atomic mass is 9.97. The van der Waals surface area contributed by atoms with Crippen molar-refractivity contribution in [1.82, 2.24) is 15.1 Å². The van der Waals surface area contributed by atoms with Gasteiger partial charge in [0.05, 0.1) is 0 Å². The number of piperidine rings is 1. The molecule has 88 valence electrons. The summed E-state index contributed by atoms with van der Waals surface area (Å²) in [5, 5.41) is 3.53. The number of rotatable bonds is 2. The first-order valence-corrected chi connectivity index (χ1v) is 6.33. The van der Waals surface area contributed by atoms with Crippen molar-refractivity contribution in [3.63, 3.8) is 0 Å². The van der Waals surface area contributed by atoms with Gasteiger partial charge in [-0.05, 0) is 46.2 Å². The van der Waals surface area contributed by atoms with Gasteiger partial charge in [0.1, 0.15) is 0 Å². The normalized spacial score (nSPS) is 39.8. The second kappa shape index (κ2) is 4.81. The first kappa shape index (κ1) is 11.4. The summed E-state index contributed by atoms with van der Waals surface area (Å²) < 4.78 is 0. The van der Waals surface area contributed by atoms with E-state index in [9.17, 15) is 0 Å². The summed E-state index contributed by atoms with van der Waals surface area (Å²) in [7, 11) is 2.25. The third-order valence-electron chi connectivity index (χ3n) is 4.13. The van der Waals surface area contributed by atoms with Gasteiger partial charge in [0.2, 0.25) is 0 Å². The molecule has 3 heteroatoms. The second-order valence-electron chi connectivity index (χ2n) is 5.43. The molecule has 0 aromatic heterocycles. The van der Waals surface area contributed by atoms with Gasteiger partial charge in [-0.3, -0.25) is 4.90 Å². The molecule has 2 fully saturated rings. The predicted molar refractivity (Wildman–Crippen MR) is 63.9 cm³/mol. The van der Waals surface area contributed by atoms with Gasteiger partial charge in [-0.1, -0.05) is 0 Å². The fourth-order valence-corrected chi connectivity index (χ4v) is 2.88. The van der Waals surface area contributed by atoms with E-state index in [0.717, 1.165) is 12.6 Å². The molecule has 0 aromatic rings. The standard InChI is InChI=1S/C12H25N3/c1-10-11(2)15(9-13-10)8-12-5-4-6-14(3)7-12/h10-13H,4-9H2,1-3H3/t10?,11?,12-/m1/s1. The summed E-state index contributed by atoms with van der Waals surface area (Å²) in [5.74, 6) is 0.887. The Morgan fingerprint density at radius 3 is 2.73 bits per heavy atom. The topological polar surface area (TPSA) is 18.5 Å². The van der Waals surface area contributed by atoms with Crippen LogP contribution < -0.4 is 5.32 Å². The summed E-state index contributed by atoms with van der Waals surface area (Å²) in [6, 6.07) is 1.36. The van der Waals surface area contributed by atoms with E-state index in [1.165, 1.54) is 32.5 Å². The Labute approximate surface area is 93.8 Å². The third kappa shape index (κ3) is 2.71. The molecule has 2 unspecified atom stereocenters. The smallest absolute Gasteiger partial charge is 0.0486 e. The Bertz CT molecular complexity index is 207. The van der Waals surface area contributed by atoms with Gasteiger partial charge in [-0.2, -0.15) is 0 Å². The molecule has 0 radical (unpaired) electrons. The Hall–Kier alpha value is -0.120. The van der Waals surface area contributed by atoms with Crippen molar-refractivity contribution in [1.29, 1.82) is 0 Å². The van der Waals surface area contributed by atoms with Gasteiger partial charge in [0.25, 0.3) is 0 Å². The van der Waals surface area contributed by atoms with E-state index in [0.29, 0.717) is 12.1 Å². The van der Waals surface area contributed by atoms with Crippen LogP contribution in [-0.4, -0.2) is 55.2 Å². The van der Waals surface area contributed by atoms with Crippen molar-refractivity contribution in [2.45, 2.75) is 38.8 Å². The molecule has 2 saturated heterocycles. The maximum Gasteiger partial charge on any atom is 0.0486 e. The number of nitrogens with one attached hydrogen (secondary N) is 1. The van der Waals surface area contributed by atoms with Crippen LogP contribution in [-0.2, 0) is 0 Å². The summed E-state index contributed by atoms with van der Waals surface area (Å²) in [6.07, 6.45) is 2.80. The summed E-state index contributed by atoms with van der Waals surface area (Å²) in [6.45, 7) is 9.58. The van der Waals surface area contributed by atoms with E-state index >= 15 is 0 Å². The van der Waals surface area contributed by atoms with Crippen LogP contribution in [0.4, 0.5) is 0 Å². The number of nitrogens with zero attached hydrogens (tertiary/aromatic N) is 2. The molecule has 0 aliphatic carbocycles. The van der Waals surface area contributed by atoms with Crippen molar-refractivity contribution >= 4 is 0 Å². The van der Waals surface area contributed by atoms with Gasteiger partial charge in [0, 0.05) is 31.8 Å². The highest BCUT2D eigenvalue weighted by Gasteiger charge is 2.29. The Balaban J connectivity index is 1.81. The number of hydrogen-bond donors (Lipinski definition) is 1. The van der Waals surface area contributed by atoms with E-state index < -0.39 is 0 Å². The Morgan fingerprint density at radius 1 is 1.33 bits per heavy atom. The van der Waals surface area contributed by atoms with Crippen molar-refractivity contribution < 1.29 is 0 Å². The second-order valence-corrected chi connectivity index (χ2v) is 5.43. The maximum absolute atomic E-state index is 3.53. The van der Waals surface area contributed by atoms with E-state index in [4.69, 9.17) is 0 Å². The molecule has 15 heavy (non-hydrogen) atoms. The zero-order chi connectivity index (χ0) is 10.8. The molecular formula is C12H25N3. The van der Waals surface area contributed by atoms with E-state index in [1.807, 2.05) is 0 Å². The van der Waals surface area contributed by atoms with Crippen molar-refractivity contribution in [3.8, 4) is 0 Å². The molecule has 2 aliphatic rings. The van der Waals surface area contributed by atoms with Crippen LogP contribution in [0.1, 0.15) is 26.7 Å². The number of hydrogen-bond acceptors (Lipinski definition) is 3. The van der Waals surface area contributed by atoms with Crippen LogP contribution in [0.25, 0.3) is 0 Å². The average Bonchev–Trinajstić information content (AvgIpc) is 2.50. The summed E-state index contributed by atoms with van der Waals surface area (Å²) in [4.78, 5) is 5.08. The zero-order valence-corrected chi connectivity index (χ0v) is 10.4. The fourth-order valence-electron chi connectivity index (χ4n) is 2.88. The monoisotopic (exact) mass is 211 g/mol. The van der Waals surface area contributed by atoms with Crippen molar-refractivity contribution in [2.75, 3.05) is 33.4 Å². The highest BCUT2D eigenvalue weighted by molar-refractivity contribution is 4.86. The third-order valence-corrected chi connectivity index (χ3v) is 4.13. The molecular weight excluding hydrogens is 186 g/mol. The quantitative estimate of drug-likeness (QED) is 0.734. The van der Waals surface area contributed by atoms with E-state index in [1.54, 1.807) is 0 Å². The molecule has 0 saturated carbocycles.